The minimum absolute atomic E-state index is 0.0626. The number of carbonyl (C=O) groups is 1. The Morgan fingerprint density at radius 1 is 1.17 bits per heavy atom. The van der Waals surface area contributed by atoms with E-state index in [1.807, 2.05) is 36.4 Å². The van der Waals surface area contributed by atoms with E-state index in [4.69, 9.17) is 11.6 Å². The number of halogens is 1. The van der Waals surface area contributed by atoms with E-state index in [1.54, 1.807) is 0 Å². The summed E-state index contributed by atoms with van der Waals surface area (Å²) in [5, 5.41) is 4.54. The van der Waals surface area contributed by atoms with Crippen molar-refractivity contribution in [2.24, 2.45) is 0 Å². The number of benzene rings is 2. The molecular formula is C22H26ClN5OS. The Kier molecular flexibility index (Phi) is 6.51. The molecule has 2 heterocycles. The predicted octanol–water partition coefficient (Wildman–Crippen LogP) is 4.19. The van der Waals surface area contributed by atoms with Gasteiger partial charge in [0.25, 0.3) is 0 Å². The number of nitrogens with zero attached hydrogens (tertiary/aromatic N) is 4. The molecular weight excluding hydrogens is 418 g/mol. The van der Waals surface area contributed by atoms with E-state index in [0.717, 1.165) is 60.3 Å². The molecule has 1 fully saturated rings. The number of hydrogen-bond donors (Lipinski definition) is 1. The van der Waals surface area contributed by atoms with Gasteiger partial charge >= 0.3 is 0 Å². The number of nitrogens with one attached hydrogen (secondary N) is 1. The SMILES string of the molecule is CCn1c(SCC(=O)Nc2cc(Cl)ccc2N2CCN(C)CC2)nc2ccccc21. The number of likely N-dealkylation sites (N-methyl/N-ethyl adjacent to an activating group) is 1. The van der Waals surface area contributed by atoms with Crippen LogP contribution in [0.2, 0.25) is 5.02 Å². The van der Waals surface area contributed by atoms with E-state index in [0.29, 0.717) is 5.02 Å². The predicted molar refractivity (Wildman–Crippen MR) is 126 cm³/mol. The number of aromatic nitrogens is 2. The number of imidazole rings is 1. The number of amides is 1. The molecule has 158 valence electrons. The number of carbonyl (C=O) groups excluding carboxylic acids is 1. The molecule has 4 rings (SSSR count). The molecule has 2 aromatic carbocycles. The third-order valence-electron chi connectivity index (χ3n) is 5.34. The fourth-order valence-corrected chi connectivity index (χ4v) is 4.77. The van der Waals surface area contributed by atoms with Crippen LogP contribution >= 0.6 is 23.4 Å². The van der Waals surface area contributed by atoms with Gasteiger partial charge in [0.1, 0.15) is 0 Å². The topological polar surface area (TPSA) is 53.4 Å². The van der Waals surface area contributed by atoms with Crippen molar-refractivity contribution in [2.75, 3.05) is 49.2 Å². The summed E-state index contributed by atoms with van der Waals surface area (Å²) < 4.78 is 2.14. The van der Waals surface area contributed by atoms with Crippen molar-refractivity contribution in [2.45, 2.75) is 18.6 Å². The largest absolute Gasteiger partial charge is 0.367 e. The molecule has 1 aliphatic heterocycles. The van der Waals surface area contributed by atoms with Crippen LogP contribution in [0.3, 0.4) is 0 Å². The van der Waals surface area contributed by atoms with Crippen molar-refractivity contribution >= 4 is 51.7 Å². The lowest BCUT2D eigenvalue weighted by molar-refractivity contribution is -0.113. The molecule has 0 radical (unpaired) electrons. The van der Waals surface area contributed by atoms with E-state index in [9.17, 15) is 4.79 Å². The molecule has 0 bridgehead atoms. The van der Waals surface area contributed by atoms with Crippen LogP contribution in [0.5, 0.6) is 0 Å². The van der Waals surface area contributed by atoms with Gasteiger partial charge in [0.15, 0.2) is 5.16 Å². The lowest BCUT2D eigenvalue weighted by Gasteiger charge is -2.35. The molecule has 1 amide bonds. The zero-order valence-corrected chi connectivity index (χ0v) is 18.8. The van der Waals surface area contributed by atoms with Crippen molar-refractivity contribution in [1.82, 2.24) is 14.5 Å². The Morgan fingerprint density at radius 2 is 1.93 bits per heavy atom. The van der Waals surface area contributed by atoms with E-state index in [1.165, 1.54) is 11.8 Å². The fraction of sp³-hybridized carbons (Fsp3) is 0.364. The molecule has 0 aliphatic carbocycles. The molecule has 1 aromatic heterocycles. The van der Waals surface area contributed by atoms with Gasteiger partial charge in [-0.1, -0.05) is 35.5 Å². The average molecular weight is 444 g/mol. The molecule has 0 unspecified atom stereocenters. The van der Waals surface area contributed by atoms with Crippen LogP contribution in [0.15, 0.2) is 47.6 Å². The number of thioether (sulfide) groups is 1. The van der Waals surface area contributed by atoms with Gasteiger partial charge in [-0.25, -0.2) is 4.98 Å². The van der Waals surface area contributed by atoms with Crippen molar-refractivity contribution in [1.29, 1.82) is 0 Å². The zero-order chi connectivity index (χ0) is 21.1. The van der Waals surface area contributed by atoms with Crippen molar-refractivity contribution in [3.8, 4) is 0 Å². The minimum atomic E-state index is -0.0626. The third kappa shape index (κ3) is 4.58. The van der Waals surface area contributed by atoms with E-state index in [-0.39, 0.29) is 11.7 Å². The molecule has 3 aromatic rings. The highest BCUT2D eigenvalue weighted by atomic mass is 35.5. The Labute approximate surface area is 186 Å². The third-order valence-corrected chi connectivity index (χ3v) is 6.56. The van der Waals surface area contributed by atoms with Crippen LogP contribution in [0.1, 0.15) is 6.92 Å². The molecule has 8 heteroatoms. The number of rotatable bonds is 6. The summed E-state index contributed by atoms with van der Waals surface area (Å²) in [5.74, 6) is 0.227. The summed E-state index contributed by atoms with van der Waals surface area (Å²) in [6, 6.07) is 13.8. The van der Waals surface area contributed by atoms with E-state index < -0.39 is 0 Å². The van der Waals surface area contributed by atoms with Gasteiger partial charge in [-0.2, -0.15) is 0 Å². The second-order valence-corrected chi connectivity index (χ2v) is 8.79. The minimum Gasteiger partial charge on any atom is -0.367 e. The van der Waals surface area contributed by atoms with Crippen LogP contribution in [0.25, 0.3) is 11.0 Å². The van der Waals surface area contributed by atoms with Gasteiger partial charge in [0.05, 0.1) is 28.2 Å². The maximum atomic E-state index is 12.8. The van der Waals surface area contributed by atoms with Gasteiger partial charge in [-0.15, -0.1) is 0 Å². The number of para-hydroxylation sites is 2. The standard InChI is InChI=1S/C22H26ClN5OS/c1-3-28-20-7-5-4-6-17(20)25-22(28)30-15-21(29)24-18-14-16(23)8-9-19(18)27-12-10-26(2)11-13-27/h4-9,14H,3,10-13,15H2,1-2H3,(H,24,29). The number of hydrogen-bond acceptors (Lipinski definition) is 5. The Balaban J connectivity index is 1.46. The molecule has 1 aliphatic rings. The molecule has 0 saturated carbocycles. The maximum absolute atomic E-state index is 12.8. The molecule has 6 nitrogen and oxygen atoms in total. The number of fused-ring (bicyclic) bond motifs is 1. The maximum Gasteiger partial charge on any atom is 0.234 e. The summed E-state index contributed by atoms with van der Waals surface area (Å²) >= 11 is 7.68. The van der Waals surface area contributed by atoms with E-state index >= 15 is 0 Å². The number of piperazine rings is 1. The quantitative estimate of drug-likeness (QED) is 0.579. The van der Waals surface area contributed by atoms with E-state index in [2.05, 4.69) is 44.7 Å². The van der Waals surface area contributed by atoms with Gasteiger partial charge < -0.3 is 19.7 Å². The zero-order valence-electron chi connectivity index (χ0n) is 17.3. The van der Waals surface area contributed by atoms with Gasteiger partial charge in [0.2, 0.25) is 5.91 Å². The van der Waals surface area contributed by atoms with Crippen LogP contribution in [-0.2, 0) is 11.3 Å². The first-order valence-electron chi connectivity index (χ1n) is 10.2. The van der Waals surface area contributed by atoms with Crippen LogP contribution in [0, 0.1) is 0 Å². The highest BCUT2D eigenvalue weighted by Crippen LogP contribution is 2.31. The van der Waals surface area contributed by atoms with Crippen LogP contribution < -0.4 is 10.2 Å². The fourth-order valence-electron chi connectivity index (χ4n) is 3.72. The lowest BCUT2D eigenvalue weighted by Crippen LogP contribution is -2.44. The second kappa shape index (κ2) is 9.29. The smallest absolute Gasteiger partial charge is 0.234 e. The van der Waals surface area contributed by atoms with Crippen molar-refractivity contribution in [3.05, 3.63) is 47.5 Å². The molecule has 0 atom stereocenters. The van der Waals surface area contributed by atoms with Crippen molar-refractivity contribution < 1.29 is 4.79 Å². The average Bonchev–Trinajstić information content (AvgIpc) is 3.11. The summed E-state index contributed by atoms with van der Waals surface area (Å²) in [4.78, 5) is 22.1. The number of aryl methyl sites for hydroxylation is 1. The summed E-state index contributed by atoms with van der Waals surface area (Å²) in [5.41, 5.74) is 3.83. The highest BCUT2D eigenvalue weighted by molar-refractivity contribution is 7.99. The second-order valence-electron chi connectivity index (χ2n) is 7.42. The first kappa shape index (κ1) is 21.0. The molecule has 30 heavy (non-hydrogen) atoms. The van der Waals surface area contributed by atoms with Gasteiger partial charge in [0, 0.05) is 37.7 Å². The molecule has 1 N–H and O–H groups in total. The first-order valence-corrected chi connectivity index (χ1v) is 11.5. The van der Waals surface area contributed by atoms with Crippen LogP contribution in [-0.4, -0.2) is 59.3 Å². The molecule has 0 spiro atoms. The highest BCUT2D eigenvalue weighted by Gasteiger charge is 2.19. The Morgan fingerprint density at radius 3 is 2.70 bits per heavy atom. The Hall–Kier alpha value is -2.22. The van der Waals surface area contributed by atoms with Gasteiger partial charge in [-0.05, 0) is 44.3 Å². The summed E-state index contributed by atoms with van der Waals surface area (Å²) in [6.07, 6.45) is 0. The first-order chi connectivity index (χ1) is 14.5. The monoisotopic (exact) mass is 443 g/mol. The normalized spacial score (nSPS) is 15.0. The Bertz CT molecular complexity index is 1050. The molecule has 1 saturated heterocycles. The van der Waals surface area contributed by atoms with Gasteiger partial charge in [-0.3, -0.25) is 4.79 Å². The van der Waals surface area contributed by atoms with Crippen LogP contribution in [0.4, 0.5) is 11.4 Å². The summed E-state index contributed by atoms with van der Waals surface area (Å²) in [7, 11) is 2.13. The summed E-state index contributed by atoms with van der Waals surface area (Å²) in [6.45, 7) is 6.75. The van der Waals surface area contributed by atoms with Crippen molar-refractivity contribution in [3.63, 3.8) is 0 Å². The lowest BCUT2D eigenvalue weighted by atomic mass is 10.2. The number of anilines is 2.